The van der Waals surface area contributed by atoms with E-state index in [9.17, 15) is 13.6 Å². The summed E-state index contributed by atoms with van der Waals surface area (Å²) in [5, 5.41) is 15.6. The number of nitrogens with zero attached hydrogens (tertiary/aromatic N) is 4. The second kappa shape index (κ2) is 8.62. The average Bonchev–Trinajstić information content (AvgIpc) is 3.52. The molecule has 1 fully saturated rings. The van der Waals surface area contributed by atoms with Gasteiger partial charge in [0.15, 0.2) is 5.82 Å². The van der Waals surface area contributed by atoms with Gasteiger partial charge in [0.2, 0.25) is 5.92 Å². The number of aryl methyl sites for hydroxylation is 2. The number of aromatic nitrogens is 5. The van der Waals surface area contributed by atoms with Crippen LogP contribution in [0.5, 0.6) is 0 Å². The van der Waals surface area contributed by atoms with Crippen molar-refractivity contribution in [2.45, 2.75) is 51.0 Å². The van der Waals surface area contributed by atoms with Crippen LogP contribution in [0.4, 0.5) is 8.78 Å². The summed E-state index contributed by atoms with van der Waals surface area (Å²) in [4.78, 5) is 17.2. The number of benzene rings is 2. The number of carbonyl (C=O) groups is 1. The van der Waals surface area contributed by atoms with E-state index in [-0.39, 0.29) is 18.7 Å². The van der Waals surface area contributed by atoms with Crippen LogP contribution in [0.2, 0.25) is 0 Å². The summed E-state index contributed by atoms with van der Waals surface area (Å²) >= 11 is 0. The number of hydrogen-bond donors (Lipinski definition) is 2. The molecule has 1 saturated carbocycles. The van der Waals surface area contributed by atoms with Crippen molar-refractivity contribution in [3.05, 3.63) is 65.1 Å². The van der Waals surface area contributed by atoms with Gasteiger partial charge in [0.05, 0.1) is 11.7 Å². The molecule has 7 nitrogen and oxygen atoms in total. The summed E-state index contributed by atoms with van der Waals surface area (Å²) in [6, 6.07) is 10.6. The highest BCUT2D eigenvalue weighted by molar-refractivity contribution is 5.94. The third kappa shape index (κ3) is 4.30. The lowest BCUT2D eigenvalue weighted by atomic mass is 9.98. The molecular formula is C25H26F2N6O. The van der Waals surface area contributed by atoms with E-state index < -0.39 is 12.0 Å². The van der Waals surface area contributed by atoms with Crippen LogP contribution in [-0.2, 0) is 19.9 Å². The number of fused-ring (bicyclic) bond motifs is 1. The minimum Gasteiger partial charge on any atom is -0.349 e. The largest absolute Gasteiger partial charge is 0.349 e. The van der Waals surface area contributed by atoms with Crippen molar-refractivity contribution in [3.63, 3.8) is 0 Å². The third-order valence-electron chi connectivity index (χ3n) is 6.53. The molecule has 1 aliphatic carbocycles. The standard InChI is InChI=1S/C25H26F2N6O/c1-3-19-17(8-9-21-20(19)14-28-31-21)12-22-30-23(32-33(22)2)15-4-6-16(7-5-15)24(34)29-18-10-11-25(26,27)13-18/h4-9,14,18H,3,10-13H2,1-2H3,(H,28,31)(H,29,34). The molecule has 2 heterocycles. The molecule has 1 unspecified atom stereocenters. The van der Waals surface area contributed by atoms with Gasteiger partial charge in [-0.15, -0.1) is 0 Å². The highest BCUT2D eigenvalue weighted by Gasteiger charge is 2.40. The number of hydrogen-bond acceptors (Lipinski definition) is 4. The molecule has 2 aromatic carbocycles. The lowest BCUT2D eigenvalue weighted by Crippen LogP contribution is -2.33. The number of halogens is 2. The molecule has 2 N–H and O–H groups in total. The molecule has 176 valence electrons. The number of alkyl halides is 2. The van der Waals surface area contributed by atoms with Gasteiger partial charge < -0.3 is 5.32 Å². The monoisotopic (exact) mass is 464 g/mol. The molecule has 1 aliphatic rings. The maximum Gasteiger partial charge on any atom is 0.251 e. The Morgan fingerprint density at radius 1 is 1.24 bits per heavy atom. The van der Waals surface area contributed by atoms with Gasteiger partial charge in [-0.25, -0.2) is 13.8 Å². The van der Waals surface area contributed by atoms with Gasteiger partial charge in [-0.2, -0.15) is 10.2 Å². The first-order valence-corrected chi connectivity index (χ1v) is 11.5. The SMILES string of the molecule is CCc1c(Cc2nc(-c3ccc(C(=O)NC4CCC(F)(F)C4)cc3)nn2C)ccc2[nH]ncc12. The molecule has 5 rings (SSSR count). The molecule has 34 heavy (non-hydrogen) atoms. The Morgan fingerprint density at radius 2 is 2.03 bits per heavy atom. The van der Waals surface area contributed by atoms with Crippen molar-refractivity contribution in [2.75, 3.05) is 0 Å². The van der Waals surface area contributed by atoms with Crippen molar-refractivity contribution in [3.8, 4) is 11.4 Å². The Balaban J connectivity index is 1.32. The summed E-state index contributed by atoms with van der Waals surface area (Å²) in [6.45, 7) is 2.13. The second-order valence-corrected chi connectivity index (χ2v) is 8.89. The van der Waals surface area contributed by atoms with Crippen LogP contribution in [0, 0.1) is 0 Å². The summed E-state index contributed by atoms with van der Waals surface area (Å²) in [5.74, 6) is -1.63. The predicted molar refractivity (Wildman–Crippen MR) is 125 cm³/mol. The zero-order valence-electron chi connectivity index (χ0n) is 19.1. The van der Waals surface area contributed by atoms with Crippen molar-refractivity contribution >= 4 is 16.8 Å². The number of carbonyl (C=O) groups excluding carboxylic acids is 1. The van der Waals surface area contributed by atoms with Crippen molar-refractivity contribution < 1.29 is 13.6 Å². The number of amides is 1. The molecule has 0 aliphatic heterocycles. The van der Waals surface area contributed by atoms with E-state index >= 15 is 0 Å². The summed E-state index contributed by atoms with van der Waals surface area (Å²) in [7, 11) is 1.87. The minimum absolute atomic E-state index is 0.180. The van der Waals surface area contributed by atoms with Crippen LogP contribution in [0.15, 0.2) is 42.6 Å². The van der Waals surface area contributed by atoms with Gasteiger partial charge in [-0.05, 0) is 42.2 Å². The fraction of sp³-hybridized carbons (Fsp3) is 0.360. The Morgan fingerprint density at radius 3 is 2.74 bits per heavy atom. The lowest BCUT2D eigenvalue weighted by Gasteiger charge is -2.13. The number of H-pyrrole nitrogens is 1. The Hall–Kier alpha value is -3.62. The predicted octanol–water partition coefficient (Wildman–Crippen LogP) is 4.43. The van der Waals surface area contributed by atoms with E-state index in [1.807, 2.05) is 19.3 Å². The molecule has 1 atom stereocenters. The van der Waals surface area contributed by atoms with Crippen molar-refractivity contribution in [2.24, 2.45) is 7.05 Å². The molecule has 1 amide bonds. The zero-order valence-corrected chi connectivity index (χ0v) is 19.1. The highest BCUT2D eigenvalue weighted by Crippen LogP contribution is 2.35. The van der Waals surface area contributed by atoms with Crippen LogP contribution in [-0.4, -0.2) is 42.8 Å². The first kappa shape index (κ1) is 22.2. The Labute approximate surface area is 195 Å². The fourth-order valence-electron chi connectivity index (χ4n) is 4.68. The normalized spacial score (nSPS) is 17.4. The van der Waals surface area contributed by atoms with E-state index in [1.165, 1.54) is 11.1 Å². The third-order valence-corrected chi connectivity index (χ3v) is 6.53. The molecule has 4 aromatic rings. The second-order valence-electron chi connectivity index (χ2n) is 8.89. The Kier molecular flexibility index (Phi) is 5.63. The van der Waals surface area contributed by atoms with Crippen LogP contribution >= 0.6 is 0 Å². The van der Waals surface area contributed by atoms with Gasteiger partial charge in [-0.1, -0.05) is 25.1 Å². The zero-order chi connectivity index (χ0) is 23.9. The number of nitrogens with one attached hydrogen (secondary N) is 2. The molecule has 9 heteroatoms. The average molecular weight is 465 g/mol. The van der Waals surface area contributed by atoms with Gasteiger partial charge in [0, 0.05) is 48.9 Å². The molecule has 0 saturated heterocycles. The van der Waals surface area contributed by atoms with E-state index in [0.717, 1.165) is 28.7 Å². The van der Waals surface area contributed by atoms with Crippen molar-refractivity contribution in [1.82, 2.24) is 30.3 Å². The van der Waals surface area contributed by atoms with Crippen molar-refractivity contribution in [1.29, 1.82) is 0 Å². The molecule has 2 aromatic heterocycles. The molecule has 0 radical (unpaired) electrons. The van der Waals surface area contributed by atoms with Gasteiger partial charge >= 0.3 is 0 Å². The minimum atomic E-state index is -2.69. The highest BCUT2D eigenvalue weighted by atomic mass is 19.3. The summed E-state index contributed by atoms with van der Waals surface area (Å²) in [6.07, 6.45) is 3.20. The molecular weight excluding hydrogens is 438 g/mol. The lowest BCUT2D eigenvalue weighted by molar-refractivity contribution is 0.00711. The van der Waals surface area contributed by atoms with E-state index in [0.29, 0.717) is 24.2 Å². The van der Waals surface area contributed by atoms with E-state index in [4.69, 9.17) is 4.98 Å². The van der Waals surface area contributed by atoms with Gasteiger partial charge in [0.1, 0.15) is 5.82 Å². The number of rotatable bonds is 6. The van der Waals surface area contributed by atoms with Gasteiger partial charge in [-0.3, -0.25) is 14.6 Å². The molecule has 0 spiro atoms. The quantitative estimate of drug-likeness (QED) is 0.442. The van der Waals surface area contributed by atoms with Crippen LogP contribution in [0.1, 0.15) is 53.5 Å². The van der Waals surface area contributed by atoms with Crippen LogP contribution in [0.3, 0.4) is 0 Å². The Bertz CT molecular complexity index is 1340. The van der Waals surface area contributed by atoms with Gasteiger partial charge in [0.25, 0.3) is 5.91 Å². The smallest absolute Gasteiger partial charge is 0.251 e. The summed E-state index contributed by atoms with van der Waals surface area (Å²) < 4.78 is 28.5. The first-order chi connectivity index (χ1) is 16.3. The fourth-order valence-corrected chi connectivity index (χ4v) is 4.68. The number of aromatic amines is 1. The van der Waals surface area contributed by atoms with Crippen LogP contribution in [0.25, 0.3) is 22.3 Å². The van der Waals surface area contributed by atoms with E-state index in [2.05, 4.69) is 33.6 Å². The summed E-state index contributed by atoms with van der Waals surface area (Å²) in [5.41, 5.74) is 4.65. The van der Waals surface area contributed by atoms with Crippen LogP contribution < -0.4 is 5.32 Å². The maximum absolute atomic E-state index is 13.4. The van der Waals surface area contributed by atoms with E-state index in [1.54, 1.807) is 28.9 Å². The first-order valence-electron chi connectivity index (χ1n) is 11.5. The molecule has 0 bridgehead atoms. The topological polar surface area (TPSA) is 88.5 Å². The maximum atomic E-state index is 13.4.